The molecule has 0 saturated carbocycles. The molecule has 1 saturated heterocycles. The fraction of sp³-hybridized carbons (Fsp3) is 0.269. The number of aliphatic hydroxyl groups is 1. The number of carbonyl (C=O) groups excluding carboxylic acids is 1. The van der Waals surface area contributed by atoms with Crippen molar-refractivity contribution in [1.29, 1.82) is 0 Å². The van der Waals surface area contributed by atoms with Gasteiger partial charge in [-0.3, -0.25) is 4.79 Å². The lowest BCUT2D eigenvalue weighted by Crippen LogP contribution is -2.45. The lowest BCUT2D eigenvalue weighted by molar-refractivity contribution is -0.137. The van der Waals surface area contributed by atoms with Crippen LogP contribution in [0.4, 0.5) is 13.2 Å². The quantitative estimate of drug-likeness (QED) is 0.370. The van der Waals surface area contributed by atoms with Gasteiger partial charge in [-0.15, -0.1) is 0 Å². The molecule has 0 radical (unpaired) electrons. The van der Waals surface area contributed by atoms with Gasteiger partial charge in [0.15, 0.2) is 5.78 Å². The number of sulfonamides is 1. The average molecular weight is 546 g/mol. The number of benzene rings is 2. The number of aryl methyl sites for hydroxylation is 1. The lowest BCUT2D eigenvalue weighted by Gasteiger charge is -2.23. The van der Waals surface area contributed by atoms with Crippen molar-refractivity contribution in [1.82, 2.24) is 14.3 Å². The molecule has 5 rings (SSSR count). The Labute approximate surface area is 215 Å². The van der Waals surface area contributed by atoms with Gasteiger partial charge in [0.2, 0.25) is 5.09 Å². The van der Waals surface area contributed by atoms with Gasteiger partial charge < -0.3 is 9.52 Å². The van der Waals surface area contributed by atoms with Crippen molar-refractivity contribution in [2.24, 2.45) is 0 Å². The maximum absolute atomic E-state index is 13.3. The summed E-state index contributed by atoms with van der Waals surface area (Å²) in [6.07, 6.45) is -4.27. The summed E-state index contributed by atoms with van der Waals surface area (Å²) in [5.74, 6) is -0.482. The molecule has 0 aliphatic carbocycles. The first-order valence-electron chi connectivity index (χ1n) is 11.7. The molecule has 38 heavy (non-hydrogen) atoms. The molecule has 2 aromatic carbocycles. The highest BCUT2D eigenvalue weighted by Crippen LogP contribution is 2.32. The number of furan rings is 1. The van der Waals surface area contributed by atoms with Gasteiger partial charge in [-0.2, -0.15) is 17.5 Å². The second-order valence-corrected chi connectivity index (χ2v) is 10.8. The molecule has 4 aromatic rings. The van der Waals surface area contributed by atoms with Crippen molar-refractivity contribution < 1.29 is 35.9 Å². The van der Waals surface area contributed by atoms with E-state index in [1.165, 1.54) is 24.5 Å². The zero-order valence-corrected chi connectivity index (χ0v) is 20.6. The van der Waals surface area contributed by atoms with Crippen LogP contribution in [0.5, 0.6) is 0 Å². The molecule has 1 N–H and O–H groups in total. The third-order valence-corrected chi connectivity index (χ3v) is 8.21. The van der Waals surface area contributed by atoms with E-state index >= 15 is 0 Å². The van der Waals surface area contributed by atoms with Gasteiger partial charge >= 0.3 is 6.18 Å². The highest BCUT2D eigenvalue weighted by atomic mass is 32.2. The zero-order chi connectivity index (χ0) is 27.1. The van der Waals surface area contributed by atoms with Gasteiger partial charge in [0.05, 0.1) is 17.4 Å². The van der Waals surface area contributed by atoms with Gasteiger partial charge in [0.25, 0.3) is 10.0 Å². The number of carbonyl (C=O) groups is 1. The molecule has 0 spiro atoms. The zero-order valence-electron chi connectivity index (χ0n) is 19.8. The molecule has 0 unspecified atom stereocenters. The fourth-order valence-electron chi connectivity index (χ4n) is 4.51. The van der Waals surface area contributed by atoms with E-state index in [2.05, 4.69) is 9.97 Å². The SMILES string of the molecule is O=C(CCc1cc(-c2ccc(C(F)(F)F)cc2)ncn1)[C@@H]1[C@@H](O)CCN1S(=O)(=O)c1cc2ccccc2o1. The number of halogens is 3. The van der Waals surface area contributed by atoms with Crippen molar-refractivity contribution in [2.75, 3.05) is 6.54 Å². The standard InChI is InChI=1S/C26H22F3N3O5S/c27-26(28,29)18-7-5-16(6-8-18)20-14-19(30-15-31-20)9-10-21(33)25-22(34)11-12-32(25)38(35,36)24-13-17-3-1-2-4-23(17)37-24/h1-8,13-15,22,25,34H,9-12H2/t22-,25+/m0/s1. The number of rotatable bonds is 7. The summed E-state index contributed by atoms with van der Waals surface area (Å²) < 4.78 is 71.6. The smallest absolute Gasteiger partial charge is 0.416 e. The van der Waals surface area contributed by atoms with Crippen LogP contribution in [0, 0.1) is 0 Å². The van der Waals surface area contributed by atoms with E-state index in [0.29, 0.717) is 27.9 Å². The topological polar surface area (TPSA) is 114 Å². The predicted molar refractivity (Wildman–Crippen MR) is 130 cm³/mol. The van der Waals surface area contributed by atoms with Crippen molar-refractivity contribution in [3.8, 4) is 11.3 Å². The van der Waals surface area contributed by atoms with Crippen molar-refractivity contribution in [3.05, 3.63) is 78.2 Å². The Morgan fingerprint density at radius 1 is 1.08 bits per heavy atom. The van der Waals surface area contributed by atoms with Crippen molar-refractivity contribution in [3.63, 3.8) is 0 Å². The monoisotopic (exact) mass is 545 g/mol. The third kappa shape index (κ3) is 5.06. The van der Waals surface area contributed by atoms with Crippen LogP contribution in [0.25, 0.3) is 22.2 Å². The van der Waals surface area contributed by atoms with Crippen LogP contribution < -0.4 is 0 Å². The van der Waals surface area contributed by atoms with Gasteiger partial charge in [0, 0.05) is 35.7 Å². The van der Waals surface area contributed by atoms with Crippen LogP contribution in [-0.2, 0) is 27.4 Å². The Balaban J connectivity index is 1.31. The summed E-state index contributed by atoms with van der Waals surface area (Å²) in [6.45, 7) is -0.0392. The first-order valence-corrected chi connectivity index (χ1v) is 13.2. The summed E-state index contributed by atoms with van der Waals surface area (Å²) in [6, 6.07) is 13.0. The lowest BCUT2D eigenvalue weighted by atomic mass is 10.0. The molecule has 2 atom stereocenters. The number of aliphatic hydroxyl groups excluding tert-OH is 1. The van der Waals surface area contributed by atoms with E-state index in [4.69, 9.17) is 4.42 Å². The number of aromatic nitrogens is 2. The Morgan fingerprint density at radius 3 is 2.53 bits per heavy atom. The number of hydrogen-bond acceptors (Lipinski definition) is 7. The largest absolute Gasteiger partial charge is 0.443 e. The number of nitrogens with zero attached hydrogens (tertiary/aromatic N) is 3. The highest BCUT2D eigenvalue weighted by Gasteiger charge is 2.45. The second-order valence-electron chi connectivity index (χ2n) is 8.96. The Hall–Kier alpha value is -3.61. The number of ketones is 1. The van der Waals surface area contributed by atoms with E-state index < -0.39 is 39.7 Å². The number of hydrogen-bond donors (Lipinski definition) is 1. The number of alkyl halides is 3. The minimum atomic E-state index is -4.45. The molecular weight excluding hydrogens is 523 g/mol. The molecule has 1 fully saturated rings. The second kappa shape index (κ2) is 9.93. The summed E-state index contributed by atoms with van der Waals surface area (Å²) in [4.78, 5) is 21.4. The van der Waals surface area contributed by atoms with Gasteiger partial charge in [-0.1, -0.05) is 30.3 Å². The van der Waals surface area contributed by atoms with Crippen LogP contribution >= 0.6 is 0 Å². The summed E-state index contributed by atoms with van der Waals surface area (Å²) >= 11 is 0. The molecule has 0 amide bonds. The first kappa shape index (κ1) is 26.0. The third-order valence-electron chi connectivity index (χ3n) is 6.47. The van der Waals surface area contributed by atoms with Gasteiger partial charge in [0.1, 0.15) is 18.0 Å². The summed E-state index contributed by atoms with van der Waals surface area (Å²) in [5.41, 5.74) is 0.885. The van der Waals surface area contributed by atoms with Crippen LogP contribution in [0.1, 0.15) is 24.1 Å². The minimum absolute atomic E-state index is 0.0392. The summed E-state index contributed by atoms with van der Waals surface area (Å²) in [7, 11) is -4.19. The van der Waals surface area contributed by atoms with Gasteiger partial charge in [-0.05, 0) is 37.1 Å². The normalized spacial score (nSPS) is 18.7. The van der Waals surface area contributed by atoms with Crippen LogP contribution in [-0.4, -0.2) is 52.3 Å². The Bertz CT molecular complexity index is 1550. The van der Waals surface area contributed by atoms with E-state index in [9.17, 15) is 31.5 Å². The Morgan fingerprint density at radius 2 is 1.82 bits per heavy atom. The molecule has 1 aliphatic heterocycles. The minimum Gasteiger partial charge on any atom is -0.443 e. The molecule has 12 heteroatoms. The molecule has 198 valence electrons. The van der Waals surface area contributed by atoms with E-state index in [1.807, 2.05) is 0 Å². The van der Waals surface area contributed by atoms with Crippen LogP contribution in [0.3, 0.4) is 0 Å². The highest BCUT2D eigenvalue weighted by molar-refractivity contribution is 7.89. The van der Waals surface area contributed by atoms with Crippen LogP contribution in [0.2, 0.25) is 0 Å². The fourth-order valence-corrected chi connectivity index (χ4v) is 6.12. The number of fused-ring (bicyclic) bond motifs is 1. The first-order chi connectivity index (χ1) is 18.0. The van der Waals surface area contributed by atoms with E-state index in [-0.39, 0.29) is 30.9 Å². The average Bonchev–Trinajstić information content (AvgIpc) is 3.52. The number of Topliss-reactive ketones (excluding diaryl/α,β-unsaturated/α-hetero) is 1. The molecule has 8 nitrogen and oxygen atoms in total. The van der Waals surface area contributed by atoms with E-state index in [0.717, 1.165) is 16.4 Å². The molecule has 2 aromatic heterocycles. The number of para-hydroxylation sites is 1. The van der Waals surface area contributed by atoms with Gasteiger partial charge in [-0.25, -0.2) is 18.4 Å². The maximum atomic E-state index is 13.3. The van der Waals surface area contributed by atoms with Crippen molar-refractivity contribution >= 4 is 26.8 Å². The van der Waals surface area contributed by atoms with Crippen molar-refractivity contribution in [2.45, 2.75) is 42.7 Å². The summed E-state index contributed by atoms with van der Waals surface area (Å²) in [5, 5.41) is 10.8. The maximum Gasteiger partial charge on any atom is 0.416 e. The Kier molecular flexibility index (Phi) is 6.80. The molecule has 1 aliphatic rings. The molecular formula is C26H22F3N3O5S. The van der Waals surface area contributed by atoms with Crippen LogP contribution in [0.15, 0.2) is 76.5 Å². The molecule has 3 heterocycles. The van der Waals surface area contributed by atoms with E-state index in [1.54, 1.807) is 30.3 Å². The predicted octanol–water partition coefficient (Wildman–Crippen LogP) is 4.23. The molecule has 0 bridgehead atoms.